The molecule has 0 atom stereocenters. The Balaban J connectivity index is 0.00000420. The summed E-state index contributed by atoms with van der Waals surface area (Å²) in [6, 6.07) is 3.66. The number of aryl methyl sites for hydroxylation is 2. The largest absolute Gasteiger partial charge is 0.364 e. The molecule has 14 heteroatoms. The zero-order chi connectivity index (χ0) is 27.7. The number of nitriles is 1. The second-order valence-corrected chi connectivity index (χ2v) is 9.76. The van der Waals surface area contributed by atoms with Crippen molar-refractivity contribution in [3.63, 3.8) is 0 Å². The SMILES string of the molecule is Br.Cc1n[nH]c(C)c1-c1cnn(C2(CC#N)CN(c3cc(F)c(C(=O)NCC(CF)(CF)CF)cc3F)C2)c1. The minimum atomic E-state index is -2.06. The van der Waals surface area contributed by atoms with Gasteiger partial charge >= 0.3 is 0 Å². The number of amides is 1. The van der Waals surface area contributed by atoms with E-state index in [9.17, 15) is 32.0 Å². The maximum absolute atomic E-state index is 15.0. The summed E-state index contributed by atoms with van der Waals surface area (Å²) >= 11 is 0. The van der Waals surface area contributed by atoms with E-state index in [4.69, 9.17) is 0 Å². The summed E-state index contributed by atoms with van der Waals surface area (Å²) in [6.07, 6.45) is 3.51. The summed E-state index contributed by atoms with van der Waals surface area (Å²) in [4.78, 5) is 13.9. The van der Waals surface area contributed by atoms with Gasteiger partial charge in [-0.3, -0.25) is 27.7 Å². The van der Waals surface area contributed by atoms with Gasteiger partial charge < -0.3 is 10.2 Å². The molecule has 0 spiro atoms. The normalized spacial score (nSPS) is 14.4. The van der Waals surface area contributed by atoms with Crippen LogP contribution in [0.5, 0.6) is 0 Å². The minimum absolute atomic E-state index is 0. The van der Waals surface area contributed by atoms with Gasteiger partial charge in [0.25, 0.3) is 5.91 Å². The minimum Gasteiger partial charge on any atom is -0.364 e. The number of nitrogens with zero attached hydrogens (tertiary/aromatic N) is 5. The van der Waals surface area contributed by atoms with Crippen molar-refractivity contribution in [1.82, 2.24) is 25.3 Å². The molecular weight excluding hydrogens is 589 g/mol. The second-order valence-electron chi connectivity index (χ2n) is 9.76. The molecule has 2 aromatic heterocycles. The average molecular weight is 616 g/mol. The molecule has 8 nitrogen and oxygen atoms in total. The number of hydrogen-bond donors (Lipinski definition) is 2. The van der Waals surface area contributed by atoms with Gasteiger partial charge in [0.2, 0.25) is 0 Å². The van der Waals surface area contributed by atoms with Crippen LogP contribution in [0.15, 0.2) is 24.5 Å². The van der Waals surface area contributed by atoms with Gasteiger partial charge in [0.15, 0.2) is 0 Å². The van der Waals surface area contributed by atoms with Crippen LogP contribution in [0.3, 0.4) is 0 Å². The van der Waals surface area contributed by atoms with Crippen LogP contribution in [0.2, 0.25) is 0 Å². The summed E-state index contributed by atoms with van der Waals surface area (Å²) < 4.78 is 70.6. The third-order valence-corrected chi connectivity index (χ3v) is 6.96. The highest BCUT2D eigenvalue weighted by molar-refractivity contribution is 8.93. The van der Waals surface area contributed by atoms with Gasteiger partial charge in [-0.25, -0.2) is 8.78 Å². The number of aromatic nitrogens is 4. The lowest BCUT2D eigenvalue weighted by molar-refractivity contribution is 0.0837. The number of hydrogen-bond acceptors (Lipinski definition) is 5. The third-order valence-electron chi connectivity index (χ3n) is 6.96. The molecule has 0 saturated carbocycles. The second kappa shape index (κ2) is 11.7. The third kappa shape index (κ3) is 5.50. The predicted molar refractivity (Wildman–Crippen MR) is 139 cm³/mol. The van der Waals surface area contributed by atoms with E-state index in [0.717, 1.165) is 28.6 Å². The fourth-order valence-corrected chi connectivity index (χ4v) is 4.57. The summed E-state index contributed by atoms with van der Waals surface area (Å²) in [5.74, 6) is -3.08. The molecule has 0 aliphatic carbocycles. The maximum Gasteiger partial charge on any atom is 0.254 e. The van der Waals surface area contributed by atoms with Crippen molar-refractivity contribution in [3.8, 4) is 17.2 Å². The van der Waals surface area contributed by atoms with E-state index in [-0.39, 0.29) is 42.2 Å². The van der Waals surface area contributed by atoms with Crippen LogP contribution in [0.1, 0.15) is 28.2 Å². The molecule has 210 valence electrons. The Hall–Kier alpha value is -3.47. The molecule has 1 aliphatic heterocycles. The summed E-state index contributed by atoms with van der Waals surface area (Å²) in [7, 11) is 0. The lowest BCUT2D eigenvalue weighted by atomic mass is 9.86. The molecule has 1 aromatic carbocycles. The standard InChI is InChI=1S/C25H26F5N7O.BrH/c1-15-22(16(2)35-34-15)17-7-33-37(8-17)25(3-4-31)13-36(14-25)21-6-19(29)18(5-20(21)30)23(38)32-12-24(9-26,10-27)11-28;/h5-8H,3,9-14H2,1-2H3,(H,32,38)(H,34,35);1H. The van der Waals surface area contributed by atoms with Crippen molar-refractivity contribution in [3.05, 3.63) is 53.1 Å². The van der Waals surface area contributed by atoms with Crippen LogP contribution in [0.4, 0.5) is 27.6 Å². The molecule has 39 heavy (non-hydrogen) atoms. The van der Waals surface area contributed by atoms with Crippen LogP contribution < -0.4 is 10.2 Å². The Kier molecular flexibility index (Phi) is 9.05. The average Bonchev–Trinajstić information content (AvgIpc) is 3.49. The van der Waals surface area contributed by atoms with Gasteiger partial charge in [0.05, 0.1) is 41.0 Å². The fraction of sp³-hybridized carbons (Fsp3) is 0.440. The van der Waals surface area contributed by atoms with Crippen molar-refractivity contribution in [2.24, 2.45) is 5.41 Å². The zero-order valence-corrected chi connectivity index (χ0v) is 22.9. The summed E-state index contributed by atoms with van der Waals surface area (Å²) in [5, 5.41) is 23.0. The van der Waals surface area contributed by atoms with Gasteiger partial charge in [-0.05, 0) is 19.9 Å². The van der Waals surface area contributed by atoms with Crippen molar-refractivity contribution >= 4 is 28.6 Å². The molecule has 3 aromatic rings. The maximum atomic E-state index is 15.0. The van der Waals surface area contributed by atoms with E-state index in [1.807, 2.05) is 13.8 Å². The first-order valence-electron chi connectivity index (χ1n) is 11.8. The van der Waals surface area contributed by atoms with Gasteiger partial charge in [-0.2, -0.15) is 15.5 Å². The Morgan fingerprint density at radius 2 is 1.85 bits per heavy atom. The van der Waals surface area contributed by atoms with Crippen molar-refractivity contribution in [2.75, 3.05) is 44.6 Å². The molecule has 1 aliphatic rings. The molecule has 1 amide bonds. The van der Waals surface area contributed by atoms with Gasteiger partial charge in [-0.15, -0.1) is 17.0 Å². The Morgan fingerprint density at radius 1 is 1.18 bits per heavy atom. The first kappa shape index (κ1) is 30.1. The molecule has 0 unspecified atom stereocenters. The monoisotopic (exact) mass is 615 g/mol. The lowest BCUT2D eigenvalue weighted by Crippen LogP contribution is -2.63. The van der Waals surface area contributed by atoms with Crippen LogP contribution in [0.25, 0.3) is 11.1 Å². The number of carbonyl (C=O) groups is 1. The molecule has 3 heterocycles. The van der Waals surface area contributed by atoms with E-state index < -0.39 is 60.6 Å². The number of rotatable bonds is 10. The number of anilines is 1. The first-order chi connectivity index (χ1) is 18.1. The summed E-state index contributed by atoms with van der Waals surface area (Å²) in [5.41, 5.74) is -0.302. The van der Waals surface area contributed by atoms with Crippen LogP contribution >= 0.6 is 17.0 Å². The molecule has 2 N–H and O–H groups in total. The fourth-order valence-electron chi connectivity index (χ4n) is 4.57. The highest BCUT2D eigenvalue weighted by atomic mass is 79.9. The van der Waals surface area contributed by atoms with Crippen molar-refractivity contribution < 1.29 is 26.7 Å². The Morgan fingerprint density at radius 3 is 2.41 bits per heavy atom. The molecule has 1 saturated heterocycles. The van der Waals surface area contributed by atoms with Crippen molar-refractivity contribution in [2.45, 2.75) is 25.8 Å². The topological polar surface area (TPSA) is 103 Å². The van der Waals surface area contributed by atoms with Gasteiger partial charge in [0, 0.05) is 48.7 Å². The highest BCUT2D eigenvalue weighted by Crippen LogP contribution is 2.38. The van der Waals surface area contributed by atoms with Crippen LogP contribution in [0, 0.1) is 42.2 Å². The number of nitrogens with one attached hydrogen (secondary N) is 2. The predicted octanol–water partition coefficient (Wildman–Crippen LogP) is 4.50. The van der Waals surface area contributed by atoms with Crippen molar-refractivity contribution in [1.29, 1.82) is 5.26 Å². The lowest BCUT2D eigenvalue weighted by Gasteiger charge is -2.50. The van der Waals surface area contributed by atoms with Gasteiger partial charge in [-0.1, -0.05) is 0 Å². The Labute approximate surface area is 231 Å². The number of halogens is 6. The smallest absolute Gasteiger partial charge is 0.254 e. The van der Waals surface area contributed by atoms with E-state index in [0.29, 0.717) is 6.07 Å². The van der Waals surface area contributed by atoms with E-state index in [2.05, 4.69) is 26.7 Å². The summed E-state index contributed by atoms with van der Waals surface area (Å²) in [6.45, 7) is -0.781. The Bertz CT molecular complexity index is 1350. The number of alkyl halides is 3. The number of aromatic amines is 1. The zero-order valence-electron chi connectivity index (χ0n) is 21.2. The van der Waals surface area contributed by atoms with Crippen LogP contribution in [-0.4, -0.2) is 65.5 Å². The highest BCUT2D eigenvalue weighted by Gasteiger charge is 2.46. The van der Waals surface area contributed by atoms with Gasteiger partial charge in [0.1, 0.15) is 37.2 Å². The molecule has 0 radical (unpaired) electrons. The number of carbonyl (C=O) groups excluding carboxylic acids is 1. The first-order valence-corrected chi connectivity index (χ1v) is 11.8. The quantitative estimate of drug-likeness (QED) is 0.327. The van der Waals surface area contributed by atoms with Crippen LogP contribution in [-0.2, 0) is 5.54 Å². The number of benzene rings is 1. The molecule has 1 fully saturated rings. The molecule has 0 bridgehead atoms. The molecule has 4 rings (SSSR count). The van der Waals surface area contributed by atoms with E-state index >= 15 is 0 Å². The number of H-pyrrole nitrogens is 1. The molecular formula is C25H27BrF5N7O. The van der Waals surface area contributed by atoms with E-state index in [1.54, 1.807) is 17.1 Å². The van der Waals surface area contributed by atoms with E-state index in [1.165, 1.54) is 4.90 Å².